The first-order chi connectivity index (χ1) is 15.7. The van der Waals surface area contributed by atoms with E-state index >= 15 is 0 Å². The third kappa shape index (κ3) is 4.04. The zero-order valence-electron chi connectivity index (χ0n) is 18.1. The van der Waals surface area contributed by atoms with Gasteiger partial charge >= 0.3 is 12.3 Å². The van der Waals surface area contributed by atoms with Crippen molar-refractivity contribution < 1.29 is 32.2 Å². The summed E-state index contributed by atoms with van der Waals surface area (Å²) in [5.41, 5.74) is 0.869. The van der Waals surface area contributed by atoms with Crippen molar-refractivity contribution in [2.24, 2.45) is 5.92 Å². The van der Waals surface area contributed by atoms with E-state index in [2.05, 4.69) is 19.7 Å². The molecule has 2 unspecified atom stereocenters. The number of hydrogen-bond donors (Lipinski definition) is 0. The molecule has 3 aliphatic rings. The minimum Gasteiger partial charge on any atom is -0.470 e. The van der Waals surface area contributed by atoms with Crippen molar-refractivity contribution in [3.63, 3.8) is 0 Å². The topological polar surface area (TPSA) is 86.7 Å². The summed E-state index contributed by atoms with van der Waals surface area (Å²) in [6.07, 6.45) is 0.265. The minimum atomic E-state index is -4.55. The molecular formula is C22H23F3N4O4. The molecule has 3 fully saturated rings. The van der Waals surface area contributed by atoms with E-state index in [1.54, 1.807) is 18.3 Å². The lowest BCUT2D eigenvalue weighted by Crippen LogP contribution is -2.51. The lowest BCUT2D eigenvalue weighted by molar-refractivity contribution is -0.163. The first-order valence-electron chi connectivity index (χ1n) is 10.8. The number of nitrogens with zero attached hydrogens (tertiary/aromatic N) is 4. The van der Waals surface area contributed by atoms with Crippen LogP contribution in [0.15, 0.2) is 24.7 Å². The summed E-state index contributed by atoms with van der Waals surface area (Å²) < 4.78 is 54.2. The average molecular weight is 464 g/mol. The highest BCUT2D eigenvalue weighted by atomic mass is 19.4. The maximum atomic E-state index is 12.5. The first-order valence-corrected chi connectivity index (χ1v) is 10.8. The van der Waals surface area contributed by atoms with Gasteiger partial charge in [0.25, 0.3) is 0 Å². The normalized spacial score (nSPS) is 27.7. The molecule has 33 heavy (non-hydrogen) atoms. The lowest BCUT2D eigenvalue weighted by atomic mass is 10.00. The number of fused-ring (bicyclic) bond motifs is 4. The van der Waals surface area contributed by atoms with Crippen molar-refractivity contribution in [3.05, 3.63) is 35.9 Å². The number of amides is 1. The fourth-order valence-corrected chi connectivity index (χ4v) is 5.10. The Morgan fingerprint density at radius 1 is 1.18 bits per heavy atom. The fraction of sp³-hybridized carbons (Fsp3) is 0.545. The zero-order valence-corrected chi connectivity index (χ0v) is 18.1. The van der Waals surface area contributed by atoms with Crippen molar-refractivity contribution in [2.75, 3.05) is 6.61 Å². The minimum absolute atomic E-state index is 0.0222. The quantitative estimate of drug-likeness (QED) is 0.650. The first kappa shape index (κ1) is 21.7. The number of hydrogen-bond acceptors (Lipinski definition) is 7. The van der Waals surface area contributed by atoms with Gasteiger partial charge < -0.3 is 19.1 Å². The molecule has 0 radical (unpaired) electrons. The lowest BCUT2D eigenvalue weighted by Gasteiger charge is -2.37. The molecule has 2 aromatic heterocycles. The van der Waals surface area contributed by atoms with Crippen LogP contribution in [0.1, 0.15) is 36.9 Å². The van der Waals surface area contributed by atoms with Crippen LogP contribution in [0.25, 0.3) is 0 Å². The van der Waals surface area contributed by atoms with E-state index in [9.17, 15) is 18.0 Å². The number of piperidine rings is 1. The SMILES string of the molecule is Cc1ncccc1Oc1ncnc(O[C@]23CC4CCC([C@@H]2C3)N4C(=O)OCC(F)(F)F)c1C. The predicted molar refractivity (Wildman–Crippen MR) is 108 cm³/mol. The van der Waals surface area contributed by atoms with Crippen LogP contribution < -0.4 is 9.47 Å². The predicted octanol–water partition coefficient (Wildman–Crippen LogP) is 4.35. The smallest absolute Gasteiger partial charge is 0.422 e. The molecule has 2 saturated heterocycles. The van der Waals surface area contributed by atoms with Crippen LogP contribution in [-0.2, 0) is 4.74 Å². The van der Waals surface area contributed by atoms with E-state index in [4.69, 9.17) is 9.47 Å². The van der Waals surface area contributed by atoms with Gasteiger partial charge in [-0.2, -0.15) is 13.2 Å². The Labute approximate surface area is 188 Å². The fourth-order valence-electron chi connectivity index (χ4n) is 5.10. The summed E-state index contributed by atoms with van der Waals surface area (Å²) in [4.78, 5) is 26.6. The van der Waals surface area contributed by atoms with Gasteiger partial charge in [-0.1, -0.05) is 0 Å². The van der Waals surface area contributed by atoms with Crippen LogP contribution in [0.2, 0.25) is 0 Å². The van der Waals surface area contributed by atoms with Crippen molar-refractivity contribution in [1.29, 1.82) is 0 Å². The molecule has 11 heteroatoms. The number of aromatic nitrogens is 3. The molecule has 5 rings (SSSR count). The van der Waals surface area contributed by atoms with E-state index in [0.717, 1.165) is 12.1 Å². The summed E-state index contributed by atoms with van der Waals surface area (Å²) in [6, 6.07) is 3.16. The molecule has 2 aliphatic heterocycles. The van der Waals surface area contributed by atoms with Gasteiger partial charge in [-0.15, -0.1) is 0 Å². The Morgan fingerprint density at radius 3 is 2.73 bits per heavy atom. The number of rotatable bonds is 5. The third-order valence-corrected chi connectivity index (χ3v) is 6.70. The second kappa shape index (κ2) is 7.74. The maximum Gasteiger partial charge on any atom is 0.422 e. The molecule has 0 aromatic carbocycles. The number of carbonyl (C=O) groups is 1. The zero-order chi connectivity index (χ0) is 23.4. The molecule has 176 valence electrons. The van der Waals surface area contributed by atoms with Gasteiger partial charge in [0.1, 0.15) is 11.9 Å². The van der Waals surface area contributed by atoms with Crippen LogP contribution in [0.3, 0.4) is 0 Å². The maximum absolute atomic E-state index is 12.5. The number of carbonyl (C=O) groups excluding carboxylic acids is 1. The third-order valence-electron chi connectivity index (χ3n) is 6.70. The van der Waals surface area contributed by atoms with E-state index in [1.807, 2.05) is 13.8 Å². The Morgan fingerprint density at radius 2 is 1.97 bits per heavy atom. The van der Waals surface area contributed by atoms with Gasteiger partial charge in [-0.3, -0.25) is 4.98 Å². The molecular weight excluding hydrogens is 441 g/mol. The Balaban J connectivity index is 1.30. The van der Waals surface area contributed by atoms with Crippen molar-refractivity contribution >= 4 is 6.09 Å². The average Bonchev–Trinajstić information content (AvgIpc) is 3.36. The van der Waals surface area contributed by atoms with Crippen LogP contribution in [-0.4, -0.2) is 56.4 Å². The van der Waals surface area contributed by atoms with Crippen LogP contribution in [0, 0.1) is 19.8 Å². The monoisotopic (exact) mass is 464 g/mol. The van der Waals surface area contributed by atoms with E-state index in [1.165, 1.54) is 11.2 Å². The largest absolute Gasteiger partial charge is 0.470 e. The van der Waals surface area contributed by atoms with Gasteiger partial charge in [0, 0.05) is 30.6 Å². The van der Waals surface area contributed by atoms with E-state index in [0.29, 0.717) is 42.3 Å². The van der Waals surface area contributed by atoms with Crippen molar-refractivity contribution in [2.45, 2.75) is 63.4 Å². The van der Waals surface area contributed by atoms with Crippen molar-refractivity contribution in [1.82, 2.24) is 19.9 Å². The molecule has 1 amide bonds. The van der Waals surface area contributed by atoms with Gasteiger partial charge in [0.2, 0.25) is 11.8 Å². The molecule has 0 spiro atoms. The summed E-state index contributed by atoms with van der Waals surface area (Å²) in [6.45, 7) is 2.07. The number of alkyl halides is 3. The number of halogens is 3. The van der Waals surface area contributed by atoms with Gasteiger partial charge in [0.05, 0.1) is 11.3 Å². The summed E-state index contributed by atoms with van der Waals surface area (Å²) in [7, 11) is 0. The Kier molecular flexibility index (Phi) is 5.09. The molecule has 2 aromatic rings. The highest BCUT2D eigenvalue weighted by molar-refractivity contribution is 5.69. The number of ether oxygens (including phenoxy) is 3. The Hall–Kier alpha value is -3.11. The molecule has 1 saturated carbocycles. The molecule has 4 heterocycles. The van der Waals surface area contributed by atoms with E-state index in [-0.39, 0.29) is 18.0 Å². The van der Waals surface area contributed by atoms with E-state index < -0.39 is 24.5 Å². The molecule has 1 aliphatic carbocycles. The second-order valence-electron chi connectivity index (χ2n) is 8.86. The van der Waals surface area contributed by atoms with Crippen LogP contribution >= 0.6 is 0 Å². The van der Waals surface area contributed by atoms with Gasteiger partial charge in [-0.25, -0.2) is 14.8 Å². The van der Waals surface area contributed by atoms with Crippen LogP contribution in [0.5, 0.6) is 17.5 Å². The number of pyridine rings is 1. The molecule has 0 N–H and O–H groups in total. The van der Waals surface area contributed by atoms with Gasteiger partial charge in [0.15, 0.2) is 12.4 Å². The summed E-state index contributed by atoms with van der Waals surface area (Å²) >= 11 is 0. The highest BCUT2D eigenvalue weighted by Crippen LogP contribution is 2.61. The molecule has 4 atom stereocenters. The van der Waals surface area contributed by atoms with Gasteiger partial charge in [-0.05, 0) is 45.2 Å². The number of aryl methyl sites for hydroxylation is 1. The second-order valence-corrected chi connectivity index (χ2v) is 8.86. The van der Waals surface area contributed by atoms with Crippen LogP contribution in [0.4, 0.5) is 18.0 Å². The Bertz CT molecular complexity index is 1080. The standard InChI is InChI=1S/C22H23F3N4O4/c1-12-18(32-17-4-3-7-26-13(17)2)27-11-28-19(12)33-21-8-14-5-6-16(15(21)9-21)29(14)20(30)31-10-22(23,24)25/h3-4,7,11,14-16H,5-6,8-10H2,1-2H3/t14?,15-,16?,21-/m0/s1. The highest BCUT2D eigenvalue weighted by Gasteiger charge is 2.69. The summed E-state index contributed by atoms with van der Waals surface area (Å²) in [5.74, 6) is 1.36. The molecule has 8 nitrogen and oxygen atoms in total. The van der Waals surface area contributed by atoms with Crippen molar-refractivity contribution in [3.8, 4) is 17.5 Å². The molecule has 2 bridgehead atoms. The summed E-state index contributed by atoms with van der Waals surface area (Å²) in [5, 5.41) is 0.